The van der Waals surface area contributed by atoms with Crippen LogP contribution in [0, 0.1) is 0 Å². The molecule has 7 rings (SSSR count). The Morgan fingerprint density at radius 3 is 1.90 bits per heavy atom. The number of rotatable bonds is 12. The lowest BCUT2D eigenvalue weighted by molar-refractivity contribution is 0.0115. The van der Waals surface area contributed by atoms with Gasteiger partial charge >= 0.3 is 0 Å². The van der Waals surface area contributed by atoms with Crippen LogP contribution in [0.4, 0.5) is 0 Å². The summed E-state index contributed by atoms with van der Waals surface area (Å²) in [4.78, 5) is 0. The molecule has 0 bridgehead atoms. The minimum absolute atomic E-state index is 0.0402. The maximum atomic E-state index is 9.20. The quantitative estimate of drug-likeness (QED) is 0.141. The lowest BCUT2D eigenvalue weighted by Gasteiger charge is -2.38. The van der Waals surface area contributed by atoms with Crippen LogP contribution in [0.25, 0.3) is 28.0 Å². The van der Waals surface area contributed by atoms with Crippen molar-refractivity contribution in [2.45, 2.75) is 11.7 Å². The molecule has 0 fully saturated rings. The van der Waals surface area contributed by atoms with Gasteiger partial charge in [-0.25, -0.2) is 0 Å². The third-order valence-electron chi connectivity index (χ3n) is 9.15. The highest BCUT2D eigenvalue weighted by molar-refractivity contribution is 6.08. The molecule has 0 amide bonds. The fourth-order valence-corrected chi connectivity index (χ4v) is 6.82. The molecule has 0 saturated carbocycles. The molecule has 0 saturated heterocycles. The summed E-state index contributed by atoms with van der Waals surface area (Å²) in [5, 5.41) is 11.1. The summed E-state index contributed by atoms with van der Waals surface area (Å²) in [7, 11) is 6.66. The average molecular weight is 647 g/mol. The molecule has 2 aliphatic rings. The summed E-state index contributed by atoms with van der Waals surface area (Å²) in [6.45, 7) is 0.902. The first-order valence-electron chi connectivity index (χ1n) is 15.9. The minimum atomic E-state index is -0.973. The first kappa shape index (κ1) is 31.6. The molecular formula is C40H38O8. The van der Waals surface area contributed by atoms with Gasteiger partial charge in [0, 0.05) is 27.6 Å². The number of fused-ring (bicyclic) bond motifs is 8. The molecule has 1 aliphatic carbocycles. The molecule has 1 atom stereocenters. The SMILES string of the molecule is COc1ccc(C2(c3ccc(OC)cc3)C=Cc3c4c(c5ccc(OC)cc5c3O2)-c2ccc(OC)cc2C4OCCOCCO)cc1. The van der Waals surface area contributed by atoms with Gasteiger partial charge in [0.2, 0.25) is 0 Å². The Labute approximate surface area is 280 Å². The summed E-state index contributed by atoms with van der Waals surface area (Å²) >= 11 is 0. The van der Waals surface area contributed by atoms with Gasteiger partial charge in [-0.2, -0.15) is 0 Å². The van der Waals surface area contributed by atoms with E-state index in [2.05, 4.69) is 24.3 Å². The van der Waals surface area contributed by atoms with E-state index in [0.717, 1.165) is 78.5 Å². The first-order valence-corrected chi connectivity index (χ1v) is 15.9. The van der Waals surface area contributed by atoms with Crippen molar-refractivity contribution in [2.75, 3.05) is 54.9 Å². The van der Waals surface area contributed by atoms with Gasteiger partial charge in [-0.15, -0.1) is 0 Å². The van der Waals surface area contributed by atoms with Crippen LogP contribution >= 0.6 is 0 Å². The Balaban J connectivity index is 1.47. The van der Waals surface area contributed by atoms with Crippen LogP contribution in [0.1, 0.15) is 33.9 Å². The molecule has 8 heteroatoms. The van der Waals surface area contributed by atoms with Gasteiger partial charge in [0.1, 0.15) is 34.9 Å². The van der Waals surface area contributed by atoms with Crippen LogP contribution in [0.5, 0.6) is 28.7 Å². The van der Waals surface area contributed by atoms with Gasteiger partial charge < -0.3 is 38.3 Å². The highest BCUT2D eigenvalue weighted by atomic mass is 16.5. The predicted molar refractivity (Wildman–Crippen MR) is 185 cm³/mol. The van der Waals surface area contributed by atoms with Gasteiger partial charge in [0.25, 0.3) is 0 Å². The van der Waals surface area contributed by atoms with E-state index in [1.165, 1.54) is 0 Å². The zero-order valence-electron chi connectivity index (χ0n) is 27.4. The van der Waals surface area contributed by atoms with Gasteiger partial charge in [-0.3, -0.25) is 0 Å². The average Bonchev–Trinajstić information content (AvgIpc) is 3.47. The highest BCUT2D eigenvalue weighted by Crippen LogP contribution is 2.57. The van der Waals surface area contributed by atoms with E-state index >= 15 is 0 Å². The molecule has 1 unspecified atom stereocenters. The fraction of sp³-hybridized carbons (Fsp3) is 0.250. The zero-order valence-corrected chi connectivity index (χ0v) is 27.4. The number of aliphatic hydroxyl groups is 1. The highest BCUT2D eigenvalue weighted by Gasteiger charge is 2.42. The van der Waals surface area contributed by atoms with E-state index in [1.807, 2.05) is 72.8 Å². The Morgan fingerprint density at radius 1 is 0.667 bits per heavy atom. The molecule has 1 heterocycles. The van der Waals surface area contributed by atoms with Crippen LogP contribution in [0.15, 0.2) is 91.0 Å². The molecule has 246 valence electrons. The molecule has 5 aromatic carbocycles. The largest absolute Gasteiger partial charge is 0.497 e. The summed E-state index contributed by atoms with van der Waals surface area (Å²) < 4.78 is 41.9. The van der Waals surface area contributed by atoms with Crippen molar-refractivity contribution in [1.29, 1.82) is 0 Å². The second kappa shape index (κ2) is 13.2. The van der Waals surface area contributed by atoms with E-state index < -0.39 is 11.7 Å². The molecular weight excluding hydrogens is 608 g/mol. The maximum absolute atomic E-state index is 9.20. The van der Waals surface area contributed by atoms with Crippen LogP contribution in [-0.4, -0.2) is 60.0 Å². The number of methoxy groups -OCH3 is 4. The van der Waals surface area contributed by atoms with E-state index in [-0.39, 0.29) is 13.2 Å². The second-order valence-corrected chi connectivity index (χ2v) is 11.6. The molecule has 5 aromatic rings. The number of ether oxygens (including phenoxy) is 7. The van der Waals surface area contributed by atoms with Crippen LogP contribution in [-0.2, 0) is 15.1 Å². The van der Waals surface area contributed by atoms with E-state index in [9.17, 15) is 5.11 Å². The smallest absolute Gasteiger partial charge is 0.178 e. The Kier molecular flexibility index (Phi) is 8.71. The fourth-order valence-electron chi connectivity index (χ4n) is 6.82. The van der Waals surface area contributed by atoms with Crippen molar-refractivity contribution in [3.63, 3.8) is 0 Å². The third kappa shape index (κ3) is 5.32. The van der Waals surface area contributed by atoms with Crippen molar-refractivity contribution in [3.05, 3.63) is 119 Å². The normalized spacial score (nSPS) is 15.3. The molecule has 0 spiro atoms. The van der Waals surface area contributed by atoms with Crippen molar-refractivity contribution in [2.24, 2.45) is 0 Å². The number of hydrogen-bond acceptors (Lipinski definition) is 8. The van der Waals surface area contributed by atoms with Crippen LogP contribution < -0.4 is 23.7 Å². The van der Waals surface area contributed by atoms with Gasteiger partial charge in [0.05, 0.1) is 54.9 Å². The van der Waals surface area contributed by atoms with Crippen LogP contribution in [0.3, 0.4) is 0 Å². The summed E-state index contributed by atoms with van der Waals surface area (Å²) in [5.74, 6) is 3.71. The maximum Gasteiger partial charge on any atom is 0.178 e. The predicted octanol–water partition coefficient (Wildman–Crippen LogP) is 7.32. The third-order valence-corrected chi connectivity index (χ3v) is 9.15. The van der Waals surface area contributed by atoms with Crippen molar-refractivity contribution < 1.29 is 38.3 Å². The number of benzene rings is 5. The Bertz CT molecular complexity index is 1920. The topological polar surface area (TPSA) is 84.8 Å². The van der Waals surface area contributed by atoms with Crippen molar-refractivity contribution in [3.8, 4) is 39.9 Å². The lowest BCUT2D eigenvalue weighted by Crippen LogP contribution is -2.34. The molecule has 1 N–H and O–H groups in total. The van der Waals surface area contributed by atoms with E-state index in [0.29, 0.717) is 13.2 Å². The molecule has 8 nitrogen and oxygen atoms in total. The number of hydrogen-bond donors (Lipinski definition) is 1. The lowest BCUT2D eigenvalue weighted by atomic mass is 9.81. The molecule has 48 heavy (non-hydrogen) atoms. The molecule has 0 aromatic heterocycles. The van der Waals surface area contributed by atoms with E-state index in [4.69, 9.17) is 33.2 Å². The minimum Gasteiger partial charge on any atom is -0.497 e. The number of aliphatic hydroxyl groups excluding tert-OH is 1. The molecule has 1 aliphatic heterocycles. The Morgan fingerprint density at radius 2 is 1.27 bits per heavy atom. The standard InChI is InChI=1S/C40H38O8/c1-42-27-9-5-25(6-10-27)40(26-7-11-28(43-2)12-8-26)18-17-33-37-36(31-15-13-29(44-3)23-34(31)38(33)48-40)32-16-14-30(45-4)24-35(32)39(37)47-22-21-46-20-19-41/h5-18,23-24,39,41H,19-22H2,1-4H3. The van der Waals surface area contributed by atoms with Crippen molar-refractivity contribution >= 4 is 16.8 Å². The van der Waals surface area contributed by atoms with Gasteiger partial charge in [0.15, 0.2) is 5.60 Å². The van der Waals surface area contributed by atoms with E-state index in [1.54, 1.807) is 28.4 Å². The zero-order chi connectivity index (χ0) is 33.3. The second-order valence-electron chi connectivity index (χ2n) is 11.6. The monoisotopic (exact) mass is 646 g/mol. The Hall–Kier alpha value is -5.02. The van der Waals surface area contributed by atoms with Crippen LogP contribution in [0.2, 0.25) is 0 Å². The summed E-state index contributed by atoms with van der Waals surface area (Å²) in [5.41, 5.74) is 6.01. The van der Waals surface area contributed by atoms with Gasteiger partial charge in [-0.1, -0.05) is 36.4 Å². The van der Waals surface area contributed by atoms with Crippen molar-refractivity contribution in [1.82, 2.24) is 0 Å². The first-order chi connectivity index (χ1) is 23.5. The molecule has 0 radical (unpaired) electrons. The summed E-state index contributed by atoms with van der Waals surface area (Å²) in [6.07, 6.45) is 3.87. The summed E-state index contributed by atoms with van der Waals surface area (Å²) in [6, 6.07) is 28.2. The van der Waals surface area contributed by atoms with Gasteiger partial charge in [-0.05, 0) is 82.7 Å².